The van der Waals surface area contributed by atoms with Crippen LogP contribution in [0.2, 0.25) is 0 Å². The molecule has 6 nitrogen and oxygen atoms in total. The fourth-order valence-corrected chi connectivity index (χ4v) is 3.96. The molecule has 0 aliphatic heterocycles. The molecule has 110 valence electrons. The first-order chi connectivity index (χ1) is 10.1. The fourth-order valence-electron chi connectivity index (χ4n) is 1.95. The molecule has 2 aromatic rings. The van der Waals surface area contributed by atoms with Crippen LogP contribution < -0.4 is 5.69 Å². The van der Waals surface area contributed by atoms with E-state index in [0.29, 0.717) is 10.9 Å². The van der Waals surface area contributed by atoms with Gasteiger partial charge in [-0.05, 0) is 35.9 Å². The van der Waals surface area contributed by atoms with Gasteiger partial charge in [0.25, 0.3) is 0 Å². The van der Waals surface area contributed by atoms with Crippen LogP contribution in [-0.2, 0) is 10.5 Å². The molecule has 2 heterocycles. The van der Waals surface area contributed by atoms with Gasteiger partial charge >= 0.3 is 11.7 Å². The molecule has 3 rings (SSSR count). The number of aromatic nitrogens is 3. The van der Waals surface area contributed by atoms with Gasteiger partial charge in [-0.2, -0.15) is 0 Å². The van der Waals surface area contributed by atoms with E-state index in [1.165, 1.54) is 11.8 Å². The number of carbonyl (C=O) groups is 1. The van der Waals surface area contributed by atoms with Gasteiger partial charge in [0, 0.05) is 22.7 Å². The third-order valence-corrected chi connectivity index (χ3v) is 5.20. The van der Waals surface area contributed by atoms with Gasteiger partial charge in [0.2, 0.25) is 0 Å². The predicted octanol–water partition coefficient (Wildman–Crippen LogP) is 2.36. The highest BCUT2D eigenvalue weighted by Crippen LogP contribution is 2.37. The molecule has 1 fully saturated rings. The molecule has 1 aliphatic carbocycles. The van der Waals surface area contributed by atoms with Crippen LogP contribution in [0.3, 0.4) is 0 Å². The lowest BCUT2D eigenvalue weighted by molar-refractivity contribution is -0.131. The van der Waals surface area contributed by atoms with Crippen molar-refractivity contribution in [2.75, 3.05) is 0 Å². The molecule has 1 aliphatic rings. The maximum absolute atomic E-state index is 11.7. The van der Waals surface area contributed by atoms with E-state index in [2.05, 4.69) is 10.2 Å². The van der Waals surface area contributed by atoms with Crippen molar-refractivity contribution in [2.24, 2.45) is 0 Å². The predicted molar refractivity (Wildman–Crippen MR) is 81.7 cm³/mol. The average molecular weight is 323 g/mol. The Morgan fingerprint density at radius 1 is 1.62 bits per heavy atom. The van der Waals surface area contributed by atoms with Gasteiger partial charge in [-0.15, -0.1) is 16.4 Å². The molecule has 0 amide bonds. The number of aliphatic carboxylic acids is 1. The maximum atomic E-state index is 11.7. The number of thiophene rings is 1. The molecule has 2 N–H and O–H groups in total. The smallest absolute Gasteiger partial charge is 0.344 e. The molecular formula is C13H13N3O3S2. The molecule has 0 unspecified atom stereocenters. The number of aromatic amines is 1. The van der Waals surface area contributed by atoms with E-state index in [9.17, 15) is 9.59 Å². The summed E-state index contributed by atoms with van der Waals surface area (Å²) in [6, 6.07) is 2.17. The minimum atomic E-state index is -0.963. The van der Waals surface area contributed by atoms with Crippen LogP contribution >= 0.6 is 23.1 Å². The number of nitrogens with one attached hydrogen (secondary N) is 1. The van der Waals surface area contributed by atoms with Crippen LogP contribution in [0.15, 0.2) is 27.5 Å². The standard InChI is InChI=1S/C13H13N3O3S2/c17-11(18)4-1-8-5-6-20-10(8)7-21-13-15-14-12(19)16(13)9-2-3-9/h1,4-6,9H,2-3,7H2,(H,14,19)(H,17,18). The molecule has 0 atom stereocenters. The van der Waals surface area contributed by atoms with Crippen LogP contribution in [0.4, 0.5) is 0 Å². The number of hydrogen-bond acceptors (Lipinski definition) is 5. The number of thioether (sulfide) groups is 1. The number of nitrogens with zero attached hydrogens (tertiary/aromatic N) is 2. The second kappa shape index (κ2) is 5.90. The number of carboxylic acids is 1. The summed E-state index contributed by atoms with van der Waals surface area (Å²) in [5, 5.41) is 17.9. The normalized spacial score (nSPS) is 14.9. The molecule has 0 radical (unpaired) electrons. The van der Waals surface area contributed by atoms with E-state index >= 15 is 0 Å². The number of rotatable bonds is 6. The zero-order chi connectivity index (χ0) is 14.8. The first kappa shape index (κ1) is 14.2. The van der Waals surface area contributed by atoms with E-state index in [4.69, 9.17) is 5.11 Å². The fraction of sp³-hybridized carbons (Fsp3) is 0.308. The topological polar surface area (TPSA) is 88.0 Å². The lowest BCUT2D eigenvalue weighted by Crippen LogP contribution is -2.16. The van der Waals surface area contributed by atoms with Gasteiger partial charge in [-0.25, -0.2) is 14.7 Å². The van der Waals surface area contributed by atoms with Crippen molar-refractivity contribution in [1.29, 1.82) is 0 Å². The molecule has 21 heavy (non-hydrogen) atoms. The van der Waals surface area contributed by atoms with Crippen molar-refractivity contribution in [2.45, 2.75) is 29.8 Å². The lowest BCUT2D eigenvalue weighted by atomic mass is 10.2. The Morgan fingerprint density at radius 2 is 2.43 bits per heavy atom. The molecule has 0 saturated heterocycles. The number of H-pyrrole nitrogens is 1. The van der Waals surface area contributed by atoms with Gasteiger partial charge in [0.05, 0.1) is 0 Å². The first-order valence-corrected chi connectivity index (χ1v) is 8.29. The Bertz CT molecular complexity index is 740. The zero-order valence-electron chi connectivity index (χ0n) is 11.0. The van der Waals surface area contributed by atoms with E-state index in [1.54, 1.807) is 22.0 Å². The van der Waals surface area contributed by atoms with Gasteiger partial charge in [0.1, 0.15) is 0 Å². The van der Waals surface area contributed by atoms with Crippen molar-refractivity contribution in [3.8, 4) is 0 Å². The van der Waals surface area contributed by atoms with Crippen molar-refractivity contribution < 1.29 is 9.90 Å². The third kappa shape index (κ3) is 3.27. The molecule has 0 bridgehead atoms. The molecule has 8 heteroatoms. The largest absolute Gasteiger partial charge is 0.478 e. The summed E-state index contributed by atoms with van der Waals surface area (Å²) in [6.45, 7) is 0. The van der Waals surface area contributed by atoms with Crippen molar-refractivity contribution >= 4 is 35.1 Å². The summed E-state index contributed by atoms with van der Waals surface area (Å²) in [6.07, 6.45) is 4.77. The quantitative estimate of drug-likeness (QED) is 0.629. The Kier molecular flexibility index (Phi) is 3.98. The Morgan fingerprint density at radius 3 is 3.14 bits per heavy atom. The Labute approximate surface area is 128 Å². The highest BCUT2D eigenvalue weighted by Gasteiger charge is 2.28. The van der Waals surface area contributed by atoms with E-state index < -0.39 is 5.97 Å². The molecular weight excluding hydrogens is 310 g/mol. The summed E-state index contributed by atoms with van der Waals surface area (Å²) in [7, 11) is 0. The number of carboxylic acid groups (broad SMARTS) is 1. The minimum Gasteiger partial charge on any atom is -0.478 e. The maximum Gasteiger partial charge on any atom is 0.344 e. The third-order valence-electron chi connectivity index (χ3n) is 3.10. The Balaban J connectivity index is 1.72. The average Bonchev–Trinajstić information content (AvgIpc) is 3.06. The highest BCUT2D eigenvalue weighted by molar-refractivity contribution is 7.98. The molecule has 0 spiro atoms. The second-order valence-corrected chi connectivity index (χ2v) is 6.62. The van der Waals surface area contributed by atoms with Crippen LogP contribution in [0.5, 0.6) is 0 Å². The van der Waals surface area contributed by atoms with Gasteiger partial charge in [-0.1, -0.05) is 11.8 Å². The van der Waals surface area contributed by atoms with Gasteiger partial charge < -0.3 is 5.11 Å². The van der Waals surface area contributed by atoms with Crippen LogP contribution in [-0.4, -0.2) is 25.8 Å². The van der Waals surface area contributed by atoms with Gasteiger partial charge in [-0.3, -0.25) is 4.57 Å². The van der Waals surface area contributed by atoms with Crippen molar-refractivity contribution in [3.63, 3.8) is 0 Å². The summed E-state index contributed by atoms with van der Waals surface area (Å²) >= 11 is 3.06. The van der Waals surface area contributed by atoms with Crippen molar-refractivity contribution in [3.05, 3.63) is 38.4 Å². The minimum absolute atomic E-state index is 0.155. The van der Waals surface area contributed by atoms with Crippen LogP contribution in [0.25, 0.3) is 6.08 Å². The SMILES string of the molecule is O=C(O)C=Cc1ccsc1CSc1n[nH]c(=O)n1C1CC1. The molecule has 0 aromatic carbocycles. The highest BCUT2D eigenvalue weighted by atomic mass is 32.2. The van der Waals surface area contributed by atoms with E-state index in [1.807, 2.05) is 11.4 Å². The van der Waals surface area contributed by atoms with Crippen molar-refractivity contribution in [1.82, 2.24) is 14.8 Å². The summed E-state index contributed by atoms with van der Waals surface area (Å²) in [5.74, 6) is -0.303. The molecule has 1 saturated carbocycles. The van der Waals surface area contributed by atoms with Crippen LogP contribution in [0, 0.1) is 0 Å². The summed E-state index contributed by atoms with van der Waals surface area (Å²) < 4.78 is 1.71. The molecule has 2 aromatic heterocycles. The monoisotopic (exact) mass is 323 g/mol. The van der Waals surface area contributed by atoms with E-state index in [-0.39, 0.29) is 11.7 Å². The summed E-state index contributed by atoms with van der Waals surface area (Å²) in [5.41, 5.74) is 0.739. The Hall–Kier alpha value is -1.80. The zero-order valence-corrected chi connectivity index (χ0v) is 12.6. The first-order valence-electron chi connectivity index (χ1n) is 6.42. The van der Waals surface area contributed by atoms with Crippen LogP contribution in [0.1, 0.15) is 29.3 Å². The van der Waals surface area contributed by atoms with E-state index in [0.717, 1.165) is 29.4 Å². The lowest BCUT2D eigenvalue weighted by Gasteiger charge is -2.03. The number of hydrogen-bond donors (Lipinski definition) is 2. The second-order valence-electron chi connectivity index (χ2n) is 4.67. The summed E-state index contributed by atoms with van der Waals surface area (Å²) in [4.78, 5) is 23.3. The van der Waals surface area contributed by atoms with Gasteiger partial charge in [0.15, 0.2) is 5.16 Å².